The molecule has 0 radical (unpaired) electrons. The van der Waals surface area contributed by atoms with Gasteiger partial charge in [-0.15, -0.1) is 0 Å². The van der Waals surface area contributed by atoms with Crippen LogP contribution in [0.2, 0.25) is 0 Å². The van der Waals surface area contributed by atoms with E-state index in [2.05, 4.69) is 41.4 Å². The van der Waals surface area contributed by atoms with Crippen molar-refractivity contribution in [3.63, 3.8) is 0 Å². The molecule has 0 bridgehead atoms. The summed E-state index contributed by atoms with van der Waals surface area (Å²) >= 11 is 0. The highest BCUT2D eigenvalue weighted by atomic mass is 16.1. The van der Waals surface area contributed by atoms with E-state index in [1.807, 2.05) is 30.3 Å². The van der Waals surface area contributed by atoms with E-state index in [4.69, 9.17) is 0 Å². The topological polar surface area (TPSA) is 29.1 Å². The minimum atomic E-state index is -0.0159. The number of nitrogens with one attached hydrogen (secondary N) is 1. The summed E-state index contributed by atoms with van der Waals surface area (Å²) in [6.45, 7) is 2.11. The summed E-state index contributed by atoms with van der Waals surface area (Å²) < 4.78 is 0. The zero-order chi connectivity index (χ0) is 14.2. The molecule has 0 spiro atoms. The maximum Gasteiger partial charge on any atom is 0.216 e. The minimum Gasteiger partial charge on any atom is -0.355 e. The van der Waals surface area contributed by atoms with E-state index in [0.717, 1.165) is 5.56 Å². The molecule has 0 fully saturated rings. The van der Waals surface area contributed by atoms with Crippen molar-refractivity contribution in [3.05, 3.63) is 60.2 Å². The summed E-state index contributed by atoms with van der Waals surface area (Å²) in [5.41, 5.74) is 3.35. The molecule has 2 nitrogen and oxygen atoms in total. The molecule has 0 heterocycles. The van der Waals surface area contributed by atoms with Gasteiger partial charge in [0.1, 0.15) is 0 Å². The Balaban J connectivity index is 2.04. The van der Waals surface area contributed by atoms with Crippen LogP contribution in [0.3, 0.4) is 0 Å². The number of amides is 1. The van der Waals surface area contributed by atoms with Crippen LogP contribution < -0.4 is 5.32 Å². The molecule has 100 valence electrons. The Hall–Kier alpha value is -2.53. The van der Waals surface area contributed by atoms with E-state index in [0.29, 0.717) is 13.0 Å². The minimum absolute atomic E-state index is 0.0159. The summed E-state index contributed by atoms with van der Waals surface area (Å²) in [5, 5.41) is 2.73. The fourth-order valence-electron chi connectivity index (χ4n) is 1.87. The molecule has 1 N–H and O–H groups in total. The fourth-order valence-corrected chi connectivity index (χ4v) is 1.87. The first-order valence-corrected chi connectivity index (χ1v) is 6.64. The second kappa shape index (κ2) is 7.16. The summed E-state index contributed by atoms with van der Waals surface area (Å²) in [5.74, 6) is 6.18. The van der Waals surface area contributed by atoms with Gasteiger partial charge in [0.15, 0.2) is 0 Å². The number of rotatable bonds is 3. The van der Waals surface area contributed by atoms with Crippen molar-refractivity contribution in [3.8, 4) is 23.0 Å². The lowest BCUT2D eigenvalue weighted by atomic mass is 10.0. The lowest BCUT2D eigenvalue weighted by Gasteiger charge is -2.01. The third-order valence-electron chi connectivity index (χ3n) is 2.83. The highest BCUT2D eigenvalue weighted by molar-refractivity contribution is 5.72. The van der Waals surface area contributed by atoms with Crippen LogP contribution in [0.1, 0.15) is 18.9 Å². The highest BCUT2D eigenvalue weighted by Gasteiger charge is 1.96. The average molecular weight is 263 g/mol. The third-order valence-corrected chi connectivity index (χ3v) is 2.83. The SMILES string of the molecule is CC(=O)NCCC#Cc1cccc(-c2ccccc2)c1. The molecule has 2 aromatic carbocycles. The predicted octanol–water partition coefficient (Wildman–Crippen LogP) is 3.23. The smallest absolute Gasteiger partial charge is 0.216 e. The van der Waals surface area contributed by atoms with Gasteiger partial charge < -0.3 is 5.32 Å². The van der Waals surface area contributed by atoms with E-state index in [1.165, 1.54) is 18.1 Å². The summed E-state index contributed by atoms with van der Waals surface area (Å²) in [6.07, 6.45) is 0.662. The molecule has 2 rings (SSSR count). The van der Waals surface area contributed by atoms with Gasteiger partial charge >= 0.3 is 0 Å². The number of benzene rings is 2. The first-order chi connectivity index (χ1) is 9.75. The Bertz CT molecular complexity index is 635. The first kappa shape index (κ1) is 13.9. The normalized spacial score (nSPS) is 9.45. The van der Waals surface area contributed by atoms with Gasteiger partial charge in [0.2, 0.25) is 5.91 Å². The summed E-state index contributed by atoms with van der Waals surface area (Å²) in [4.78, 5) is 10.7. The zero-order valence-corrected chi connectivity index (χ0v) is 11.5. The van der Waals surface area contributed by atoms with Crippen LogP contribution >= 0.6 is 0 Å². The van der Waals surface area contributed by atoms with E-state index < -0.39 is 0 Å². The van der Waals surface area contributed by atoms with Crippen LogP contribution in [0.4, 0.5) is 0 Å². The molecule has 0 aromatic heterocycles. The number of hydrogen-bond donors (Lipinski definition) is 1. The molecule has 20 heavy (non-hydrogen) atoms. The quantitative estimate of drug-likeness (QED) is 0.668. The zero-order valence-electron chi connectivity index (χ0n) is 11.5. The highest BCUT2D eigenvalue weighted by Crippen LogP contribution is 2.19. The second-order valence-corrected chi connectivity index (χ2v) is 4.48. The lowest BCUT2D eigenvalue weighted by molar-refractivity contribution is -0.118. The molecule has 1 amide bonds. The van der Waals surface area contributed by atoms with Crippen LogP contribution in [0, 0.1) is 11.8 Å². The van der Waals surface area contributed by atoms with E-state index in [1.54, 1.807) is 0 Å². The van der Waals surface area contributed by atoms with E-state index >= 15 is 0 Å². The van der Waals surface area contributed by atoms with Gasteiger partial charge in [0.25, 0.3) is 0 Å². The summed E-state index contributed by atoms with van der Waals surface area (Å²) in [6, 6.07) is 18.4. The molecule has 0 unspecified atom stereocenters. The van der Waals surface area contributed by atoms with Gasteiger partial charge in [-0.2, -0.15) is 0 Å². The Morgan fingerprint density at radius 2 is 1.80 bits per heavy atom. The van der Waals surface area contributed by atoms with Crippen molar-refractivity contribution < 1.29 is 4.79 Å². The maximum atomic E-state index is 10.7. The standard InChI is InChI=1S/C18H17NO/c1-15(20)19-13-6-5-8-16-9-7-12-18(14-16)17-10-3-2-4-11-17/h2-4,7,9-12,14H,6,13H2,1H3,(H,19,20). The molecule has 0 aliphatic carbocycles. The average Bonchev–Trinajstić information content (AvgIpc) is 2.48. The summed E-state index contributed by atoms with van der Waals surface area (Å²) in [7, 11) is 0. The van der Waals surface area contributed by atoms with Crippen LogP contribution in [-0.4, -0.2) is 12.5 Å². The van der Waals surface area contributed by atoms with Crippen molar-refractivity contribution in [1.82, 2.24) is 5.32 Å². The maximum absolute atomic E-state index is 10.7. The monoisotopic (exact) mass is 263 g/mol. The number of carbonyl (C=O) groups is 1. The van der Waals surface area contributed by atoms with Crippen LogP contribution in [0.15, 0.2) is 54.6 Å². The van der Waals surface area contributed by atoms with Gasteiger partial charge in [-0.05, 0) is 23.3 Å². The van der Waals surface area contributed by atoms with E-state index in [-0.39, 0.29) is 5.91 Å². The van der Waals surface area contributed by atoms with Crippen molar-refractivity contribution in [2.75, 3.05) is 6.54 Å². The molecule has 2 aromatic rings. The largest absolute Gasteiger partial charge is 0.355 e. The first-order valence-electron chi connectivity index (χ1n) is 6.64. The van der Waals surface area contributed by atoms with Gasteiger partial charge in [0, 0.05) is 25.5 Å². The molecule has 2 heteroatoms. The van der Waals surface area contributed by atoms with Crippen molar-refractivity contribution >= 4 is 5.91 Å². The number of carbonyl (C=O) groups excluding carboxylic acids is 1. The van der Waals surface area contributed by atoms with Crippen molar-refractivity contribution in [2.45, 2.75) is 13.3 Å². The van der Waals surface area contributed by atoms with Crippen molar-refractivity contribution in [2.24, 2.45) is 0 Å². The Morgan fingerprint density at radius 3 is 2.55 bits per heavy atom. The number of hydrogen-bond acceptors (Lipinski definition) is 1. The van der Waals surface area contributed by atoms with Gasteiger partial charge in [0.05, 0.1) is 0 Å². The third kappa shape index (κ3) is 4.29. The van der Waals surface area contributed by atoms with Gasteiger partial charge in [-0.25, -0.2) is 0 Å². The molecular formula is C18H17NO. The molecular weight excluding hydrogens is 246 g/mol. The predicted molar refractivity (Wildman–Crippen MR) is 82.1 cm³/mol. The Kier molecular flexibility index (Phi) is 4.97. The lowest BCUT2D eigenvalue weighted by Crippen LogP contribution is -2.20. The molecule has 0 saturated carbocycles. The van der Waals surface area contributed by atoms with E-state index in [9.17, 15) is 4.79 Å². The van der Waals surface area contributed by atoms with Crippen molar-refractivity contribution in [1.29, 1.82) is 0 Å². The van der Waals surface area contributed by atoms with Crippen LogP contribution in [0.25, 0.3) is 11.1 Å². The van der Waals surface area contributed by atoms with Crippen LogP contribution in [0.5, 0.6) is 0 Å². The molecule has 0 atom stereocenters. The Labute approximate surface area is 119 Å². The second-order valence-electron chi connectivity index (χ2n) is 4.48. The molecule has 0 aliphatic heterocycles. The molecule has 0 aliphatic rings. The molecule has 0 saturated heterocycles. The van der Waals surface area contributed by atoms with Gasteiger partial charge in [-0.3, -0.25) is 4.79 Å². The Morgan fingerprint density at radius 1 is 1.05 bits per heavy atom. The van der Waals surface area contributed by atoms with Crippen LogP contribution in [-0.2, 0) is 4.79 Å². The van der Waals surface area contributed by atoms with Gasteiger partial charge in [-0.1, -0.05) is 54.3 Å². The fraction of sp³-hybridized carbons (Fsp3) is 0.167.